The molecule has 0 aromatic carbocycles. The van der Waals surface area contributed by atoms with Crippen LogP contribution in [-0.4, -0.2) is 25.5 Å². The summed E-state index contributed by atoms with van der Waals surface area (Å²) >= 11 is 1.33. The fourth-order valence-electron chi connectivity index (χ4n) is 1.19. The summed E-state index contributed by atoms with van der Waals surface area (Å²) in [5.74, 6) is -0.00207. The smallest absolute Gasteiger partial charge is 0.197 e. The standard InChI is InChI=1S/C10H10N4OS/c1-7(15)8-4-3-5-11-9(8)16-10-13-12-6-14(10)2/h3-6H,1-2H3. The first-order chi connectivity index (χ1) is 7.68. The molecule has 0 saturated carbocycles. The Bertz CT molecular complexity index is 523. The summed E-state index contributed by atoms with van der Waals surface area (Å²) in [6.45, 7) is 1.53. The molecule has 0 N–H and O–H groups in total. The number of Topliss-reactive ketones (excluding diaryl/α,β-unsaturated/α-hetero) is 1. The highest BCUT2D eigenvalue weighted by atomic mass is 32.2. The maximum absolute atomic E-state index is 11.4. The van der Waals surface area contributed by atoms with Crippen LogP contribution in [0.2, 0.25) is 0 Å². The van der Waals surface area contributed by atoms with Gasteiger partial charge in [0.1, 0.15) is 11.4 Å². The number of aromatic nitrogens is 4. The van der Waals surface area contributed by atoms with Crippen LogP contribution in [0.4, 0.5) is 0 Å². The number of hydrogen-bond donors (Lipinski definition) is 0. The highest BCUT2D eigenvalue weighted by Crippen LogP contribution is 2.26. The van der Waals surface area contributed by atoms with Crippen molar-refractivity contribution in [2.24, 2.45) is 7.05 Å². The number of hydrogen-bond acceptors (Lipinski definition) is 5. The average molecular weight is 234 g/mol. The Morgan fingerprint density at radius 2 is 2.31 bits per heavy atom. The van der Waals surface area contributed by atoms with E-state index in [9.17, 15) is 4.79 Å². The first-order valence-electron chi connectivity index (χ1n) is 4.66. The molecule has 0 aliphatic heterocycles. The zero-order valence-electron chi connectivity index (χ0n) is 8.91. The molecule has 0 aliphatic rings. The van der Waals surface area contributed by atoms with Gasteiger partial charge in [0.25, 0.3) is 0 Å². The van der Waals surface area contributed by atoms with Crippen molar-refractivity contribution < 1.29 is 4.79 Å². The van der Waals surface area contributed by atoms with Crippen LogP contribution in [-0.2, 0) is 7.05 Å². The molecule has 0 fully saturated rings. The van der Waals surface area contributed by atoms with Gasteiger partial charge in [-0.2, -0.15) is 0 Å². The van der Waals surface area contributed by atoms with E-state index in [1.807, 2.05) is 7.05 Å². The lowest BCUT2D eigenvalue weighted by atomic mass is 10.2. The quantitative estimate of drug-likeness (QED) is 0.754. The van der Waals surface area contributed by atoms with Gasteiger partial charge < -0.3 is 4.57 Å². The monoisotopic (exact) mass is 234 g/mol. The van der Waals surface area contributed by atoms with Crippen LogP contribution in [0.1, 0.15) is 17.3 Å². The molecule has 0 saturated heterocycles. The van der Waals surface area contributed by atoms with Crippen molar-refractivity contribution in [3.05, 3.63) is 30.2 Å². The summed E-state index contributed by atoms with van der Waals surface area (Å²) in [4.78, 5) is 15.6. The first kappa shape index (κ1) is 10.8. The molecule has 2 heterocycles. The van der Waals surface area contributed by atoms with E-state index in [1.54, 1.807) is 29.2 Å². The van der Waals surface area contributed by atoms with E-state index in [1.165, 1.54) is 18.7 Å². The van der Waals surface area contributed by atoms with Crippen LogP contribution in [0.5, 0.6) is 0 Å². The SMILES string of the molecule is CC(=O)c1cccnc1Sc1nncn1C. The summed E-state index contributed by atoms with van der Waals surface area (Å²) in [6, 6.07) is 3.51. The Morgan fingerprint density at radius 1 is 1.50 bits per heavy atom. The Labute approximate surface area is 96.9 Å². The molecule has 0 aliphatic carbocycles. The van der Waals surface area contributed by atoms with E-state index in [4.69, 9.17) is 0 Å². The molecule has 0 atom stereocenters. The van der Waals surface area contributed by atoms with Crippen molar-refractivity contribution in [3.63, 3.8) is 0 Å². The molecular weight excluding hydrogens is 224 g/mol. The number of aryl methyl sites for hydroxylation is 1. The number of nitrogens with zero attached hydrogens (tertiary/aromatic N) is 4. The van der Waals surface area contributed by atoms with Gasteiger partial charge >= 0.3 is 0 Å². The Balaban J connectivity index is 2.35. The lowest BCUT2D eigenvalue weighted by molar-refractivity contribution is 0.101. The lowest BCUT2D eigenvalue weighted by Gasteiger charge is -2.03. The van der Waals surface area contributed by atoms with Gasteiger partial charge in [-0.1, -0.05) is 0 Å². The summed E-state index contributed by atoms with van der Waals surface area (Å²) in [6.07, 6.45) is 3.27. The second-order valence-corrected chi connectivity index (χ2v) is 4.19. The molecule has 2 aromatic rings. The van der Waals surface area contributed by atoms with Crippen molar-refractivity contribution in [1.82, 2.24) is 19.7 Å². The Hall–Kier alpha value is -1.69. The molecule has 5 nitrogen and oxygen atoms in total. The molecule has 16 heavy (non-hydrogen) atoms. The number of pyridine rings is 1. The third-order valence-electron chi connectivity index (χ3n) is 2.01. The molecule has 0 amide bonds. The van der Waals surface area contributed by atoms with Crippen molar-refractivity contribution in [2.45, 2.75) is 17.1 Å². The minimum absolute atomic E-state index is 0.00207. The number of carbonyl (C=O) groups excluding carboxylic acids is 1. The molecular formula is C10H10N4OS. The second kappa shape index (κ2) is 4.44. The average Bonchev–Trinajstić information content (AvgIpc) is 2.65. The van der Waals surface area contributed by atoms with Crippen LogP contribution in [0.25, 0.3) is 0 Å². The topological polar surface area (TPSA) is 60.7 Å². The molecule has 2 rings (SSSR count). The highest BCUT2D eigenvalue weighted by Gasteiger charge is 2.11. The van der Waals surface area contributed by atoms with Gasteiger partial charge in [-0.3, -0.25) is 4.79 Å². The van der Waals surface area contributed by atoms with Gasteiger partial charge in [0.05, 0.1) is 0 Å². The summed E-state index contributed by atoms with van der Waals surface area (Å²) in [7, 11) is 1.85. The van der Waals surface area contributed by atoms with Gasteiger partial charge in [-0.05, 0) is 30.8 Å². The van der Waals surface area contributed by atoms with Crippen LogP contribution in [0.3, 0.4) is 0 Å². The van der Waals surface area contributed by atoms with E-state index in [2.05, 4.69) is 15.2 Å². The third-order valence-corrected chi connectivity index (χ3v) is 3.08. The third kappa shape index (κ3) is 2.11. The molecule has 0 spiro atoms. The van der Waals surface area contributed by atoms with Gasteiger partial charge in [0.2, 0.25) is 0 Å². The predicted molar refractivity (Wildman–Crippen MR) is 59.4 cm³/mol. The van der Waals surface area contributed by atoms with Crippen molar-refractivity contribution in [3.8, 4) is 0 Å². The summed E-state index contributed by atoms with van der Waals surface area (Å²) in [5.41, 5.74) is 0.607. The predicted octanol–water partition coefficient (Wildman–Crippen LogP) is 1.56. The van der Waals surface area contributed by atoms with Crippen molar-refractivity contribution in [1.29, 1.82) is 0 Å². The second-order valence-electron chi connectivity index (χ2n) is 3.24. The van der Waals surface area contributed by atoms with E-state index in [-0.39, 0.29) is 5.78 Å². The zero-order chi connectivity index (χ0) is 11.5. The maximum atomic E-state index is 11.4. The minimum Gasteiger partial charge on any atom is -0.311 e. The minimum atomic E-state index is -0.00207. The van der Waals surface area contributed by atoms with Crippen LogP contribution in [0.15, 0.2) is 34.8 Å². The molecule has 82 valence electrons. The van der Waals surface area contributed by atoms with E-state index >= 15 is 0 Å². The van der Waals surface area contributed by atoms with E-state index in [0.717, 1.165) is 0 Å². The summed E-state index contributed by atoms with van der Waals surface area (Å²) in [5, 5.41) is 9.08. The molecule has 2 aromatic heterocycles. The largest absolute Gasteiger partial charge is 0.311 e. The molecule has 0 bridgehead atoms. The number of carbonyl (C=O) groups is 1. The molecule has 6 heteroatoms. The van der Waals surface area contributed by atoms with Crippen molar-refractivity contribution in [2.75, 3.05) is 0 Å². The highest BCUT2D eigenvalue weighted by molar-refractivity contribution is 7.99. The summed E-state index contributed by atoms with van der Waals surface area (Å²) < 4.78 is 1.78. The van der Waals surface area contributed by atoms with Gasteiger partial charge in [-0.15, -0.1) is 10.2 Å². The Kier molecular flexibility index (Phi) is 3.00. The maximum Gasteiger partial charge on any atom is 0.197 e. The molecule has 0 unspecified atom stereocenters. The van der Waals surface area contributed by atoms with E-state index in [0.29, 0.717) is 15.7 Å². The zero-order valence-corrected chi connectivity index (χ0v) is 9.73. The number of rotatable bonds is 3. The number of ketones is 1. The van der Waals surface area contributed by atoms with Crippen LogP contribution in [0, 0.1) is 0 Å². The fraction of sp³-hybridized carbons (Fsp3) is 0.200. The van der Waals surface area contributed by atoms with Gasteiger partial charge in [0, 0.05) is 18.8 Å². The normalized spacial score (nSPS) is 10.4. The van der Waals surface area contributed by atoms with Crippen LogP contribution < -0.4 is 0 Å². The van der Waals surface area contributed by atoms with Gasteiger partial charge in [0.15, 0.2) is 10.9 Å². The lowest BCUT2D eigenvalue weighted by Crippen LogP contribution is -1.98. The van der Waals surface area contributed by atoms with Gasteiger partial charge in [-0.25, -0.2) is 4.98 Å². The van der Waals surface area contributed by atoms with Crippen LogP contribution >= 0.6 is 11.8 Å². The van der Waals surface area contributed by atoms with E-state index < -0.39 is 0 Å². The first-order valence-corrected chi connectivity index (χ1v) is 5.48. The van der Waals surface area contributed by atoms with Crippen molar-refractivity contribution >= 4 is 17.5 Å². The Morgan fingerprint density at radius 3 is 2.94 bits per heavy atom. The fourth-order valence-corrected chi connectivity index (χ4v) is 2.08. The molecule has 0 radical (unpaired) electrons.